The van der Waals surface area contributed by atoms with Gasteiger partial charge in [-0.15, -0.1) is 11.8 Å². The molecular weight excluding hydrogens is 292 g/mol. The molecule has 1 amide bonds. The van der Waals surface area contributed by atoms with Gasteiger partial charge in [-0.25, -0.2) is 8.78 Å². The Labute approximate surface area is 125 Å². The smallest absolute Gasteiger partial charge is 0.255 e. The zero-order chi connectivity index (χ0) is 14.8. The van der Waals surface area contributed by atoms with Gasteiger partial charge in [-0.2, -0.15) is 0 Å². The van der Waals surface area contributed by atoms with Crippen molar-refractivity contribution in [3.63, 3.8) is 0 Å². The van der Waals surface area contributed by atoms with Gasteiger partial charge in [-0.3, -0.25) is 4.79 Å². The standard InChI is InChI=1S/C16H13F2NOS/c17-12-6-7-13(14(18)10-12)16-19(8-9-21-16)15(20)11-4-2-1-3-5-11/h1-7,10,16H,8-9H2. The molecule has 3 rings (SSSR count). The first-order valence-corrected chi connectivity index (χ1v) is 7.64. The number of carbonyl (C=O) groups is 1. The number of nitrogens with zero attached hydrogens (tertiary/aromatic N) is 1. The lowest BCUT2D eigenvalue weighted by molar-refractivity contribution is 0.0759. The maximum absolute atomic E-state index is 14.0. The Morgan fingerprint density at radius 1 is 1.14 bits per heavy atom. The minimum absolute atomic E-state index is 0.130. The molecule has 0 aliphatic carbocycles. The van der Waals surface area contributed by atoms with E-state index < -0.39 is 17.0 Å². The number of benzene rings is 2. The van der Waals surface area contributed by atoms with E-state index in [0.29, 0.717) is 17.7 Å². The third kappa shape index (κ3) is 2.78. The summed E-state index contributed by atoms with van der Waals surface area (Å²) in [6.07, 6.45) is 0. The molecule has 0 N–H and O–H groups in total. The third-order valence-electron chi connectivity index (χ3n) is 3.40. The quantitative estimate of drug-likeness (QED) is 0.840. The summed E-state index contributed by atoms with van der Waals surface area (Å²) in [5.41, 5.74) is 0.927. The predicted molar refractivity (Wildman–Crippen MR) is 79.0 cm³/mol. The zero-order valence-electron chi connectivity index (χ0n) is 11.1. The highest BCUT2D eigenvalue weighted by molar-refractivity contribution is 7.99. The lowest BCUT2D eigenvalue weighted by Gasteiger charge is -2.24. The van der Waals surface area contributed by atoms with Crippen molar-refractivity contribution < 1.29 is 13.6 Å². The lowest BCUT2D eigenvalue weighted by Crippen LogP contribution is -2.30. The van der Waals surface area contributed by atoms with E-state index in [4.69, 9.17) is 0 Å². The van der Waals surface area contributed by atoms with Crippen molar-refractivity contribution in [3.05, 3.63) is 71.3 Å². The SMILES string of the molecule is O=C(c1ccccc1)N1CCSC1c1ccc(F)cc1F. The molecular formula is C16H13F2NOS. The van der Waals surface area contributed by atoms with E-state index in [1.165, 1.54) is 23.9 Å². The van der Waals surface area contributed by atoms with E-state index in [0.717, 1.165) is 11.8 Å². The van der Waals surface area contributed by atoms with Crippen LogP contribution in [-0.2, 0) is 0 Å². The highest BCUT2D eigenvalue weighted by Gasteiger charge is 2.32. The van der Waals surface area contributed by atoms with E-state index in [1.54, 1.807) is 29.2 Å². The average Bonchev–Trinajstić information content (AvgIpc) is 2.96. The molecule has 0 aromatic heterocycles. The Morgan fingerprint density at radius 2 is 1.90 bits per heavy atom. The van der Waals surface area contributed by atoms with Crippen LogP contribution in [0.3, 0.4) is 0 Å². The number of carbonyl (C=O) groups excluding carboxylic acids is 1. The van der Waals surface area contributed by atoms with Gasteiger partial charge < -0.3 is 4.90 Å². The topological polar surface area (TPSA) is 20.3 Å². The summed E-state index contributed by atoms with van der Waals surface area (Å²) in [5.74, 6) is -0.616. The first kappa shape index (κ1) is 14.1. The first-order valence-electron chi connectivity index (χ1n) is 6.59. The maximum atomic E-state index is 14.0. The summed E-state index contributed by atoms with van der Waals surface area (Å²) in [5, 5.41) is -0.404. The van der Waals surface area contributed by atoms with Crippen molar-refractivity contribution in [1.82, 2.24) is 4.90 Å². The predicted octanol–water partition coefficient (Wildman–Crippen LogP) is 3.85. The summed E-state index contributed by atoms with van der Waals surface area (Å²) in [6.45, 7) is 0.555. The Balaban J connectivity index is 1.91. The molecule has 1 aliphatic rings. The van der Waals surface area contributed by atoms with E-state index in [2.05, 4.69) is 0 Å². The van der Waals surface area contributed by atoms with E-state index in [1.807, 2.05) is 6.07 Å². The second kappa shape index (κ2) is 5.85. The van der Waals surface area contributed by atoms with Gasteiger partial charge in [0, 0.05) is 29.5 Å². The molecule has 1 heterocycles. The number of rotatable bonds is 2. The molecule has 1 saturated heterocycles. The molecule has 5 heteroatoms. The fraction of sp³-hybridized carbons (Fsp3) is 0.188. The van der Waals surface area contributed by atoms with Gasteiger partial charge in [-0.1, -0.05) is 24.3 Å². The minimum Gasteiger partial charge on any atom is -0.322 e. The summed E-state index contributed by atoms with van der Waals surface area (Å²) in [7, 11) is 0. The summed E-state index contributed by atoms with van der Waals surface area (Å²) in [4.78, 5) is 14.2. The second-order valence-electron chi connectivity index (χ2n) is 4.75. The Hall–Kier alpha value is -1.88. The summed E-state index contributed by atoms with van der Waals surface area (Å²) < 4.78 is 27.0. The second-order valence-corrected chi connectivity index (χ2v) is 5.94. The molecule has 21 heavy (non-hydrogen) atoms. The van der Waals surface area contributed by atoms with Crippen molar-refractivity contribution >= 4 is 17.7 Å². The molecule has 1 atom stereocenters. The van der Waals surface area contributed by atoms with Crippen molar-refractivity contribution in [1.29, 1.82) is 0 Å². The normalized spacial score (nSPS) is 18.0. The Bertz CT molecular complexity index is 663. The monoisotopic (exact) mass is 305 g/mol. The van der Waals surface area contributed by atoms with Crippen LogP contribution in [0.5, 0.6) is 0 Å². The molecule has 2 nitrogen and oxygen atoms in total. The molecule has 1 unspecified atom stereocenters. The van der Waals surface area contributed by atoms with Crippen LogP contribution >= 0.6 is 11.8 Å². The summed E-state index contributed by atoms with van der Waals surface area (Å²) >= 11 is 1.49. The van der Waals surface area contributed by atoms with Crippen LogP contribution < -0.4 is 0 Å². The van der Waals surface area contributed by atoms with Crippen LogP contribution in [0.1, 0.15) is 21.3 Å². The number of hydrogen-bond donors (Lipinski definition) is 0. The number of amides is 1. The van der Waals surface area contributed by atoms with Crippen molar-refractivity contribution in [2.24, 2.45) is 0 Å². The minimum atomic E-state index is -0.611. The van der Waals surface area contributed by atoms with Gasteiger partial charge >= 0.3 is 0 Å². The van der Waals surface area contributed by atoms with E-state index >= 15 is 0 Å². The average molecular weight is 305 g/mol. The Kier molecular flexibility index (Phi) is 3.92. The molecule has 108 valence electrons. The number of halogens is 2. The third-order valence-corrected chi connectivity index (χ3v) is 4.64. The van der Waals surface area contributed by atoms with Crippen molar-refractivity contribution in [2.45, 2.75) is 5.37 Å². The molecule has 0 bridgehead atoms. The molecule has 1 fully saturated rings. The van der Waals surface area contributed by atoms with Gasteiger partial charge in [0.1, 0.15) is 17.0 Å². The Morgan fingerprint density at radius 3 is 2.62 bits per heavy atom. The van der Waals surface area contributed by atoms with Gasteiger partial charge in [0.2, 0.25) is 0 Å². The number of hydrogen-bond acceptors (Lipinski definition) is 2. The van der Waals surface area contributed by atoms with E-state index in [-0.39, 0.29) is 5.91 Å². The molecule has 0 saturated carbocycles. The lowest BCUT2D eigenvalue weighted by atomic mass is 10.1. The zero-order valence-corrected chi connectivity index (χ0v) is 11.9. The van der Waals surface area contributed by atoms with Crippen LogP contribution in [0, 0.1) is 11.6 Å². The first-order chi connectivity index (χ1) is 10.2. The van der Waals surface area contributed by atoms with Gasteiger partial charge in [0.25, 0.3) is 5.91 Å². The van der Waals surface area contributed by atoms with Gasteiger partial charge in [0.15, 0.2) is 0 Å². The molecule has 2 aromatic carbocycles. The largest absolute Gasteiger partial charge is 0.322 e. The molecule has 0 spiro atoms. The van der Waals surface area contributed by atoms with Crippen LogP contribution in [0.4, 0.5) is 8.78 Å². The molecule has 1 aliphatic heterocycles. The fourth-order valence-electron chi connectivity index (χ4n) is 2.38. The van der Waals surface area contributed by atoms with Crippen molar-refractivity contribution in [2.75, 3.05) is 12.3 Å². The molecule has 2 aromatic rings. The van der Waals surface area contributed by atoms with Gasteiger partial charge in [-0.05, 0) is 18.2 Å². The summed E-state index contributed by atoms with van der Waals surface area (Å²) in [6, 6.07) is 12.4. The van der Waals surface area contributed by atoms with Gasteiger partial charge in [0.05, 0.1) is 0 Å². The van der Waals surface area contributed by atoms with E-state index in [9.17, 15) is 13.6 Å². The van der Waals surface area contributed by atoms with Crippen molar-refractivity contribution in [3.8, 4) is 0 Å². The van der Waals surface area contributed by atoms with Crippen LogP contribution in [0.15, 0.2) is 48.5 Å². The van der Waals surface area contributed by atoms with Crippen LogP contribution in [0.25, 0.3) is 0 Å². The highest BCUT2D eigenvalue weighted by atomic mass is 32.2. The fourth-order valence-corrected chi connectivity index (χ4v) is 3.66. The highest BCUT2D eigenvalue weighted by Crippen LogP contribution is 2.39. The number of thioether (sulfide) groups is 1. The van der Waals surface area contributed by atoms with Crippen LogP contribution in [0.2, 0.25) is 0 Å². The van der Waals surface area contributed by atoms with Crippen LogP contribution in [-0.4, -0.2) is 23.1 Å². The molecule has 0 radical (unpaired) electrons. The maximum Gasteiger partial charge on any atom is 0.255 e.